The van der Waals surface area contributed by atoms with Crippen molar-refractivity contribution in [2.24, 2.45) is 5.73 Å². The van der Waals surface area contributed by atoms with Crippen LogP contribution in [0.3, 0.4) is 0 Å². The van der Waals surface area contributed by atoms with Gasteiger partial charge in [0.15, 0.2) is 0 Å². The van der Waals surface area contributed by atoms with E-state index in [1.165, 1.54) is 31.2 Å². The van der Waals surface area contributed by atoms with Gasteiger partial charge in [0.25, 0.3) is 0 Å². The topological polar surface area (TPSA) is 26.0 Å². The predicted molar refractivity (Wildman–Crippen MR) is 71.2 cm³/mol. The van der Waals surface area contributed by atoms with Gasteiger partial charge in [0.2, 0.25) is 0 Å². The highest BCUT2D eigenvalue weighted by Crippen LogP contribution is 2.27. The average molecular weight is 330 g/mol. The zero-order valence-electron chi connectivity index (χ0n) is 10.1. The Labute approximate surface area is 117 Å². The summed E-state index contributed by atoms with van der Waals surface area (Å²) in [6.07, 6.45) is 0. The van der Waals surface area contributed by atoms with E-state index in [2.05, 4.69) is 15.9 Å². The van der Waals surface area contributed by atoms with Crippen LogP contribution in [0, 0.1) is 24.4 Å². The van der Waals surface area contributed by atoms with E-state index in [4.69, 9.17) is 5.73 Å². The quantitative estimate of drug-likeness (QED) is 0.876. The average Bonchev–Trinajstić information content (AvgIpc) is 2.36. The van der Waals surface area contributed by atoms with Crippen LogP contribution in [0.15, 0.2) is 34.8 Å². The Hall–Kier alpha value is -1.33. The van der Waals surface area contributed by atoms with Gasteiger partial charge < -0.3 is 5.73 Å². The highest BCUT2D eigenvalue weighted by molar-refractivity contribution is 9.10. The molecule has 0 aliphatic carbocycles. The third-order valence-electron chi connectivity index (χ3n) is 2.92. The lowest BCUT2D eigenvalue weighted by molar-refractivity contribution is 0.560. The zero-order chi connectivity index (χ0) is 14.2. The van der Waals surface area contributed by atoms with E-state index < -0.39 is 23.5 Å². The van der Waals surface area contributed by atoms with Gasteiger partial charge in [-0.05, 0) is 52.2 Å². The van der Waals surface area contributed by atoms with Crippen molar-refractivity contribution in [3.05, 3.63) is 68.9 Å². The molecule has 0 aromatic heterocycles. The Kier molecular flexibility index (Phi) is 3.96. The summed E-state index contributed by atoms with van der Waals surface area (Å²) in [6, 6.07) is 5.60. The molecule has 1 unspecified atom stereocenters. The lowest BCUT2D eigenvalue weighted by atomic mass is 9.97. The normalized spacial score (nSPS) is 12.5. The summed E-state index contributed by atoms with van der Waals surface area (Å²) in [5.41, 5.74) is 6.98. The van der Waals surface area contributed by atoms with Gasteiger partial charge in [-0.3, -0.25) is 0 Å². The van der Waals surface area contributed by atoms with Gasteiger partial charge in [0.1, 0.15) is 17.5 Å². The minimum Gasteiger partial charge on any atom is -0.320 e. The Bertz CT molecular complexity index is 628. The van der Waals surface area contributed by atoms with E-state index >= 15 is 0 Å². The van der Waals surface area contributed by atoms with E-state index in [1.807, 2.05) is 0 Å². The molecular formula is C14H11BrF3N. The third kappa shape index (κ3) is 2.82. The maximum atomic E-state index is 13.7. The second-order valence-electron chi connectivity index (χ2n) is 4.27. The largest absolute Gasteiger partial charge is 0.320 e. The molecule has 2 rings (SSSR count). The van der Waals surface area contributed by atoms with Crippen LogP contribution >= 0.6 is 15.9 Å². The Morgan fingerprint density at radius 1 is 1.00 bits per heavy atom. The minimum atomic E-state index is -0.781. The van der Waals surface area contributed by atoms with Crippen LogP contribution in [0.4, 0.5) is 13.2 Å². The molecule has 2 aromatic rings. The molecule has 0 bridgehead atoms. The molecule has 2 aromatic carbocycles. The van der Waals surface area contributed by atoms with Gasteiger partial charge >= 0.3 is 0 Å². The molecular weight excluding hydrogens is 319 g/mol. The Morgan fingerprint density at radius 3 is 2.32 bits per heavy atom. The molecule has 0 radical (unpaired) electrons. The van der Waals surface area contributed by atoms with Crippen molar-refractivity contribution in [3.8, 4) is 0 Å². The van der Waals surface area contributed by atoms with Crippen LogP contribution in [0.5, 0.6) is 0 Å². The molecule has 100 valence electrons. The fourth-order valence-electron chi connectivity index (χ4n) is 1.80. The summed E-state index contributed by atoms with van der Waals surface area (Å²) in [4.78, 5) is 0. The number of nitrogens with two attached hydrogens (primary N) is 1. The fourth-order valence-corrected chi connectivity index (χ4v) is 2.20. The van der Waals surface area contributed by atoms with Gasteiger partial charge in [-0.15, -0.1) is 0 Å². The number of benzene rings is 2. The number of rotatable bonds is 2. The SMILES string of the molecule is Cc1cc(C(N)c2ccc(F)c(Br)c2)c(F)cc1F. The highest BCUT2D eigenvalue weighted by atomic mass is 79.9. The molecule has 0 fully saturated rings. The number of hydrogen-bond acceptors (Lipinski definition) is 1. The monoisotopic (exact) mass is 329 g/mol. The summed E-state index contributed by atoms with van der Waals surface area (Å²) in [6.45, 7) is 1.53. The highest BCUT2D eigenvalue weighted by Gasteiger charge is 2.16. The van der Waals surface area contributed by atoms with Crippen molar-refractivity contribution >= 4 is 15.9 Å². The molecule has 0 aliphatic rings. The molecule has 1 nitrogen and oxygen atoms in total. The van der Waals surface area contributed by atoms with E-state index in [-0.39, 0.29) is 10.0 Å². The van der Waals surface area contributed by atoms with Crippen LogP contribution < -0.4 is 5.73 Å². The Balaban J connectivity index is 2.46. The van der Waals surface area contributed by atoms with Crippen LogP contribution in [0.2, 0.25) is 0 Å². The molecule has 5 heteroatoms. The second kappa shape index (κ2) is 5.35. The van der Waals surface area contributed by atoms with Crippen molar-refractivity contribution in [1.29, 1.82) is 0 Å². The summed E-state index contributed by atoms with van der Waals surface area (Å²) in [5.74, 6) is -1.75. The predicted octanol–water partition coefficient (Wildman–Crippen LogP) is 4.22. The zero-order valence-corrected chi connectivity index (χ0v) is 11.6. The first-order chi connectivity index (χ1) is 8.90. The van der Waals surface area contributed by atoms with Crippen LogP contribution in [-0.4, -0.2) is 0 Å². The summed E-state index contributed by atoms with van der Waals surface area (Å²) < 4.78 is 40.3. The van der Waals surface area contributed by atoms with Crippen LogP contribution in [0.25, 0.3) is 0 Å². The molecule has 19 heavy (non-hydrogen) atoms. The van der Waals surface area contributed by atoms with Gasteiger partial charge in [-0.25, -0.2) is 13.2 Å². The van der Waals surface area contributed by atoms with Crippen molar-refractivity contribution in [2.75, 3.05) is 0 Å². The van der Waals surface area contributed by atoms with Crippen LogP contribution in [0.1, 0.15) is 22.7 Å². The fraction of sp³-hybridized carbons (Fsp3) is 0.143. The molecule has 0 heterocycles. The maximum absolute atomic E-state index is 13.7. The molecule has 2 N–H and O–H groups in total. The lowest BCUT2D eigenvalue weighted by Crippen LogP contribution is -2.14. The summed E-state index contributed by atoms with van der Waals surface area (Å²) >= 11 is 3.05. The second-order valence-corrected chi connectivity index (χ2v) is 5.13. The van der Waals surface area contributed by atoms with Crippen molar-refractivity contribution in [2.45, 2.75) is 13.0 Å². The molecule has 0 aliphatic heterocycles. The van der Waals surface area contributed by atoms with E-state index in [0.29, 0.717) is 11.1 Å². The van der Waals surface area contributed by atoms with E-state index in [0.717, 1.165) is 6.07 Å². The minimum absolute atomic E-state index is 0.178. The Morgan fingerprint density at radius 2 is 1.68 bits per heavy atom. The van der Waals surface area contributed by atoms with Gasteiger partial charge in [0, 0.05) is 11.6 Å². The molecule has 1 atom stereocenters. The van der Waals surface area contributed by atoms with E-state index in [1.54, 1.807) is 0 Å². The van der Waals surface area contributed by atoms with Gasteiger partial charge in [-0.2, -0.15) is 0 Å². The third-order valence-corrected chi connectivity index (χ3v) is 3.52. The standard InChI is InChI=1S/C14H11BrF3N/c1-7-4-9(13(18)6-12(7)17)14(19)8-2-3-11(16)10(15)5-8/h2-6,14H,19H2,1H3. The van der Waals surface area contributed by atoms with Gasteiger partial charge in [0.05, 0.1) is 10.5 Å². The lowest BCUT2D eigenvalue weighted by Gasteiger charge is -2.15. The maximum Gasteiger partial charge on any atom is 0.137 e. The van der Waals surface area contributed by atoms with Crippen molar-refractivity contribution < 1.29 is 13.2 Å². The molecule has 0 saturated heterocycles. The van der Waals surface area contributed by atoms with Crippen molar-refractivity contribution in [3.63, 3.8) is 0 Å². The molecule has 0 saturated carbocycles. The number of hydrogen-bond donors (Lipinski definition) is 1. The smallest absolute Gasteiger partial charge is 0.137 e. The van der Waals surface area contributed by atoms with E-state index in [9.17, 15) is 13.2 Å². The first kappa shape index (κ1) is 14.1. The molecule has 0 spiro atoms. The first-order valence-electron chi connectivity index (χ1n) is 5.56. The molecule has 0 amide bonds. The summed E-state index contributed by atoms with van der Waals surface area (Å²) in [7, 11) is 0. The van der Waals surface area contributed by atoms with Crippen LogP contribution in [-0.2, 0) is 0 Å². The first-order valence-corrected chi connectivity index (χ1v) is 6.35. The summed E-state index contributed by atoms with van der Waals surface area (Å²) in [5, 5.41) is 0. The van der Waals surface area contributed by atoms with Gasteiger partial charge in [-0.1, -0.05) is 6.07 Å². The van der Waals surface area contributed by atoms with Crippen molar-refractivity contribution in [1.82, 2.24) is 0 Å². The number of halogens is 4. The number of aryl methyl sites for hydroxylation is 1.